The molecule has 3 N–H and O–H groups in total. The van der Waals surface area contributed by atoms with E-state index in [0.717, 1.165) is 43.9 Å². The molecule has 1 aromatic rings. The Labute approximate surface area is 113 Å². The summed E-state index contributed by atoms with van der Waals surface area (Å²) in [6, 6.07) is 7.41. The van der Waals surface area contributed by atoms with E-state index in [1.54, 1.807) is 12.2 Å². The van der Waals surface area contributed by atoms with Crippen LogP contribution >= 0.6 is 0 Å². The molecular weight excluding hydrogens is 240 g/mol. The van der Waals surface area contributed by atoms with Gasteiger partial charge in [-0.15, -0.1) is 0 Å². The summed E-state index contributed by atoms with van der Waals surface area (Å²) in [5, 5.41) is 2.93. The minimum Gasteiger partial charge on any atom is -0.399 e. The first-order valence-corrected chi connectivity index (χ1v) is 6.63. The Hall–Kier alpha value is -1.81. The topological polar surface area (TPSA) is 64.4 Å². The third-order valence-electron chi connectivity index (χ3n) is 3.27. The molecule has 0 aliphatic carbocycles. The fourth-order valence-corrected chi connectivity index (χ4v) is 2.03. The molecule has 0 radical (unpaired) electrons. The molecule has 0 aromatic heterocycles. The molecule has 1 saturated heterocycles. The van der Waals surface area contributed by atoms with Gasteiger partial charge in [0.15, 0.2) is 0 Å². The van der Waals surface area contributed by atoms with Gasteiger partial charge in [0.05, 0.1) is 0 Å². The van der Waals surface area contributed by atoms with E-state index in [2.05, 4.69) is 5.32 Å². The Bertz CT molecular complexity index is 434. The number of hydrogen-bond donors (Lipinski definition) is 2. The average Bonchev–Trinajstić information content (AvgIpc) is 2.45. The molecule has 2 rings (SSSR count). The third-order valence-corrected chi connectivity index (χ3v) is 3.27. The molecule has 102 valence electrons. The fraction of sp³-hybridized carbons (Fsp3) is 0.400. The zero-order chi connectivity index (χ0) is 13.5. The van der Waals surface area contributed by atoms with Crippen molar-refractivity contribution >= 4 is 17.7 Å². The first-order chi connectivity index (χ1) is 9.24. The number of nitrogens with two attached hydrogens (primary N) is 1. The van der Waals surface area contributed by atoms with Crippen molar-refractivity contribution in [3.63, 3.8) is 0 Å². The molecular formula is C15H20N2O2. The number of rotatable bonds is 4. The lowest BCUT2D eigenvalue weighted by atomic mass is 10.0. The number of anilines is 1. The second-order valence-electron chi connectivity index (χ2n) is 4.80. The predicted octanol–water partition coefficient (Wildman–Crippen LogP) is 1.82. The number of nitrogens with one attached hydrogen (secondary N) is 1. The van der Waals surface area contributed by atoms with Gasteiger partial charge in [-0.2, -0.15) is 0 Å². The van der Waals surface area contributed by atoms with E-state index in [4.69, 9.17) is 10.5 Å². The van der Waals surface area contributed by atoms with E-state index in [1.807, 2.05) is 24.3 Å². The van der Waals surface area contributed by atoms with Crippen molar-refractivity contribution in [2.75, 3.05) is 25.5 Å². The monoisotopic (exact) mass is 260 g/mol. The molecule has 1 aromatic carbocycles. The first kappa shape index (κ1) is 13.6. The molecule has 0 atom stereocenters. The zero-order valence-corrected chi connectivity index (χ0v) is 11.0. The summed E-state index contributed by atoms with van der Waals surface area (Å²) >= 11 is 0. The Morgan fingerprint density at radius 1 is 1.32 bits per heavy atom. The lowest BCUT2D eigenvalue weighted by molar-refractivity contribution is -0.116. The van der Waals surface area contributed by atoms with Gasteiger partial charge in [-0.3, -0.25) is 4.79 Å². The summed E-state index contributed by atoms with van der Waals surface area (Å²) in [7, 11) is 0. The number of benzene rings is 1. The SMILES string of the molecule is Nc1ccc(/C=C/C(=O)NCC2CCOCC2)cc1. The van der Waals surface area contributed by atoms with Crippen molar-refractivity contribution in [1.82, 2.24) is 5.32 Å². The zero-order valence-electron chi connectivity index (χ0n) is 11.0. The minimum atomic E-state index is -0.0525. The largest absolute Gasteiger partial charge is 0.399 e. The van der Waals surface area contributed by atoms with Gasteiger partial charge in [0.25, 0.3) is 0 Å². The van der Waals surface area contributed by atoms with Crippen LogP contribution in [0.1, 0.15) is 18.4 Å². The summed E-state index contributed by atoms with van der Waals surface area (Å²) in [5.74, 6) is 0.492. The van der Waals surface area contributed by atoms with Gasteiger partial charge >= 0.3 is 0 Å². The lowest BCUT2D eigenvalue weighted by Gasteiger charge is -2.21. The van der Waals surface area contributed by atoms with Gasteiger partial charge in [-0.1, -0.05) is 12.1 Å². The third kappa shape index (κ3) is 4.75. The van der Waals surface area contributed by atoms with Crippen LogP contribution in [-0.2, 0) is 9.53 Å². The Morgan fingerprint density at radius 2 is 2.00 bits per heavy atom. The van der Waals surface area contributed by atoms with E-state index in [9.17, 15) is 4.79 Å². The number of ether oxygens (including phenoxy) is 1. The van der Waals surface area contributed by atoms with Gasteiger partial charge in [0, 0.05) is 31.5 Å². The Morgan fingerprint density at radius 3 is 2.68 bits per heavy atom. The van der Waals surface area contributed by atoms with E-state index in [0.29, 0.717) is 5.92 Å². The molecule has 1 amide bonds. The highest BCUT2D eigenvalue weighted by molar-refractivity contribution is 5.91. The Balaban J connectivity index is 1.75. The second-order valence-corrected chi connectivity index (χ2v) is 4.80. The molecule has 0 saturated carbocycles. The average molecular weight is 260 g/mol. The van der Waals surface area contributed by atoms with Crippen LogP contribution in [0.2, 0.25) is 0 Å². The van der Waals surface area contributed by atoms with Gasteiger partial charge in [-0.25, -0.2) is 0 Å². The van der Waals surface area contributed by atoms with E-state index in [-0.39, 0.29) is 5.91 Å². The highest BCUT2D eigenvalue weighted by Gasteiger charge is 2.13. The van der Waals surface area contributed by atoms with Crippen LogP contribution in [0.15, 0.2) is 30.3 Å². The van der Waals surface area contributed by atoms with Crippen molar-refractivity contribution < 1.29 is 9.53 Å². The summed E-state index contributed by atoms with van der Waals surface area (Å²) in [6.45, 7) is 2.35. The summed E-state index contributed by atoms with van der Waals surface area (Å²) in [5.41, 5.74) is 7.29. The number of amides is 1. The Kier molecular flexibility index (Phi) is 4.98. The summed E-state index contributed by atoms with van der Waals surface area (Å²) in [4.78, 5) is 11.7. The number of nitrogen functional groups attached to an aromatic ring is 1. The van der Waals surface area contributed by atoms with E-state index in [1.165, 1.54) is 0 Å². The molecule has 0 bridgehead atoms. The molecule has 4 nitrogen and oxygen atoms in total. The summed E-state index contributed by atoms with van der Waals surface area (Å²) < 4.78 is 5.28. The maximum atomic E-state index is 11.7. The van der Waals surface area contributed by atoms with Crippen LogP contribution in [0.4, 0.5) is 5.69 Å². The van der Waals surface area contributed by atoms with Crippen LogP contribution in [0.3, 0.4) is 0 Å². The van der Waals surface area contributed by atoms with Gasteiger partial charge in [0.1, 0.15) is 0 Å². The predicted molar refractivity (Wildman–Crippen MR) is 76.4 cm³/mol. The number of carbonyl (C=O) groups is 1. The normalized spacial score (nSPS) is 16.6. The second kappa shape index (κ2) is 6.95. The highest BCUT2D eigenvalue weighted by atomic mass is 16.5. The summed E-state index contributed by atoms with van der Waals surface area (Å²) in [6.07, 6.45) is 5.41. The molecule has 1 aliphatic rings. The standard InChI is InChI=1S/C15H20N2O2/c16-14-4-1-12(2-5-14)3-6-15(18)17-11-13-7-9-19-10-8-13/h1-6,13H,7-11,16H2,(H,17,18)/b6-3+. The van der Waals surface area contributed by atoms with Gasteiger partial charge in [-0.05, 0) is 42.5 Å². The maximum absolute atomic E-state index is 11.7. The van der Waals surface area contributed by atoms with Gasteiger partial charge < -0.3 is 15.8 Å². The number of hydrogen-bond acceptors (Lipinski definition) is 3. The maximum Gasteiger partial charge on any atom is 0.244 e. The molecule has 0 unspecified atom stereocenters. The smallest absolute Gasteiger partial charge is 0.244 e. The molecule has 1 fully saturated rings. The molecule has 0 spiro atoms. The van der Waals surface area contributed by atoms with E-state index >= 15 is 0 Å². The van der Waals surface area contributed by atoms with Crippen molar-refractivity contribution in [2.45, 2.75) is 12.8 Å². The van der Waals surface area contributed by atoms with Crippen LogP contribution in [0, 0.1) is 5.92 Å². The first-order valence-electron chi connectivity index (χ1n) is 6.63. The van der Waals surface area contributed by atoms with Crippen LogP contribution < -0.4 is 11.1 Å². The molecule has 19 heavy (non-hydrogen) atoms. The van der Waals surface area contributed by atoms with Crippen LogP contribution in [0.5, 0.6) is 0 Å². The van der Waals surface area contributed by atoms with Crippen molar-refractivity contribution in [2.24, 2.45) is 5.92 Å². The lowest BCUT2D eigenvalue weighted by Crippen LogP contribution is -2.31. The minimum absolute atomic E-state index is 0.0525. The highest BCUT2D eigenvalue weighted by Crippen LogP contribution is 2.13. The van der Waals surface area contributed by atoms with Crippen molar-refractivity contribution in [3.8, 4) is 0 Å². The van der Waals surface area contributed by atoms with Crippen LogP contribution in [-0.4, -0.2) is 25.7 Å². The molecule has 4 heteroatoms. The molecule has 1 heterocycles. The quantitative estimate of drug-likeness (QED) is 0.641. The molecule has 1 aliphatic heterocycles. The van der Waals surface area contributed by atoms with Crippen molar-refractivity contribution in [3.05, 3.63) is 35.9 Å². The number of carbonyl (C=O) groups excluding carboxylic acids is 1. The fourth-order valence-electron chi connectivity index (χ4n) is 2.03. The van der Waals surface area contributed by atoms with Gasteiger partial charge in [0.2, 0.25) is 5.91 Å². The van der Waals surface area contributed by atoms with E-state index < -0.39 is 0 Å². The van der Waals surface area contributed by atoms with Crippen molar-refractivity contribution in [1.29, 1.82) is 0 Å². The van der Waals surface area contributed by atoms with Crippen LogP contribution in [0.25, 0.3) is 6.08 Å².